The van der Waals surface area contributed by atoms with Gasteiger partial charge in [-0.2, -0.15) is 0 Å². The Labute approximate surface area is 201 Å². The fourth-order valence-corrected chi connectivity index (χ4v) is 4.36. The van der Waals surface area contributed by atoms with Crippen molar-refractivity contribution in [3.8, 4) is 11.1 Å². The second-order valence-electron chi connectivity index (χ2n) is 9.88. The first-order valence-corrected chi connectivity index (χ1v) is 11.7. The fourth-order valence-electron chi connectivity index (χ4n) is 4.36. The smallest absolute Gasteiger partial charge is 0.407 e. The van der Waals surface area contributed by atoms with E-state index in [1.54, 1.807) is 11.9 Å². The van der Waals surface area contributed by atoms with Crippen LogP contribution in [0.15, 0.2) is 48.5 Å². The van der Waals surface area contributed by atoms with Gasteiger partial charge in [0.1, 0.15) is 12.6 Å². The van der Waals surface area contributed by atoms with E-state index < -0.39 is 23.5 Å². The minimum Gasteiger partial charge on any atom is -0.481 e. The van der Waals surface area contributed by atoms with Gasteiger partial charge < -0.3 is 20.1 Å². The molecule has 0 fully saturated rings. The second kappa shape index (κ2) is 10.7. The molecule has 0 spiro atoms. The summed E-state index contributed by atoms with van der Waals surface area (Å²) in [6.45, 7) is 6.26. The van der Waals surface area contributed by atoms with Crippen molar-refractivity contribution >= 4 is 18.0 Å². The van der Waals surface area contributed by atoms with Gasteiger partial charge in [-0.1, -0.05) is 69.3 Å². The van der Waals surface area contributed by atoms with Crippen LogP contribution in [0.5, 0.6) is 0 Å². The largest absolute Gasteiger partial charge is 0.481 e. The van der Waals surface area contributed by atoms with Crippen molar-refractivity contribution in [2.45, 2.75) is 52.0 Å². The van der Waals surface area contributed by atoms with Gasteiger partial charge >= 0.3 is 12.1 Å². The molecule has 2 amide bonds. The summed E-state index contributed by atoms with van der Waals surface area (Å²) in [4.78, 5) is 38.1. The monoisotopic (exact) mass is 466 g/mol. The number of likely N-dealkylation sites (N-methyl/N-ethyl adjacent to an activating group) is 1. The van der Waals surface area contributed by atoms with E-state index in [9.17, 15) is 14.4 Å². The maximum absolute atomic E-state index is 13.1. The van der Waals surface area contributed by atoms with Gasteiger partial charge in [-0.3, -0.25) is 9.59 Å². The molecule has 0 aliphatic heterocycles. The predicted octanol–water partition coefficient (Wildman–Crippen LogP) is 4.65. The van der Waals surface area contributed by atoms with Gasteiger partial charge in [0.25, 0.3) is 0 Å². The average Bonchev–Trinajstić information content (AvgIpc) is 3.11. The van der Waals surface area contributed by atoms with E-state index in [1.165, 1.54) is 0 Å². The third kappa shape index (κ3) is 5.95. The Kier molecular flexibility index (Phi) is 7.97. The third-order valence-corrected chi connectivity index (χ3v) is 6.23. The Bertz CT molecular complexity index is 998. The molecule has 0 bridgehead atoms. The molecule has 7 nitrogen and oxygen atoms in total. The molecular formula is C27H34N2O5. The molecule has 0 unspecified atom stereocenters. The molecular weight excluding hydrogens is 432 g/mol. The molecule has 0 aromatic heterocycles. The molecule has 0 heterocycles. The van der Waals surface area contributed by atoms with Crippen LogP contribution in [0, 0.1) is 5.41 Å². The van der Waals surface area contributed by atoms with Crippen LogP contribution in [-0.2, 0) is 14.3 Å². The molecule has 0 saturated carbocycles. The summed E-state index contributed by atoms with van der Waals surface area (Å²) in [5.41, 5.74) is 4.03. The van der Waals surface area contributed by atoms with Crippen LogP contribution < -0.4 is 5.32 Å². The zero-order valence-electron chi connectivity index (χ0n) is 20.3. The molecule has 3 rings (SSSR count). The van der Waals surface area contributed by atoms with E-state index in [1.807, 2.05) is 45.0 Å². The maximum atomic E-state index is 13.1. The molecule has 182 valence electrons. The summed E-state index contributed by atoms with van der Waals surface area (Å²) in [5.74, 6) is -1.13. The Morgan fingerprint density at radius 3 is 2.09 bits per heavy atom. The number of carboxylic acids is 1. The van der Waals surface area contributed by atoms with Crippen LogP contribution in [0.3, 0.4) is 0 Å². The summed E-state index contributed by atoms with van der Waals surface area (Å²) < 4.78 is 5.63. The minimum absolute atomic E-state index is 0.0566. The Morgan fingerprint density at radius 1 is 1.00 bits per heavy atom. The molecule has 2 aromatic carbocycles. The number of hydrogen-bond donors (Lipinski definition) is 2. The number of carboxylic acid groups (broad SMARTS) is 1. The van der Waals surface area contributed by atoms with Crippen LogP contribution in [0.1, 0.15) is 57.1 Å². The molecule has 2 N–H and O–H groups in total. The quantitative estimate of drug-likeness (QED) is 0.525. The van der Waals surface area contributed by atoms with Crippen molar-refractivity contribution in [3.05, 3.63) is 59.7 Å². The third-order valence-electron chi connectivity index (χ3n) is 6.23. The van der Waals surface area contributed by atoms with Crippen LogP contribution >= 0.6 is 0 Å². The van der Waals surface area contributed by atoms with Crippen molar-refractivity contribution in [1.29, 1.82) is 0 Å². The van der Waals surface area contributed by atoms with Gasteiger partial charge in [-0.05, 0) is 40.5 Å². The SMILES string of the molecule is CN(CCCCC(=O)O)C(=O)[C@H](NC(=O)OCC1c2ccccc2-c2ccccc21)C(C)(C)C. The second-order valence-corrected chi connectivity index (χ2v) is 9.88. The molecule has 0 saturated heterocycles. The number of ether oxygens (including phenoxy) is 1. The highest BCUT2D eigenvalue weighted by Crippen LogP contribution is 2.44. The number of nitrogens with one attached hydrogen (secondary N) is 1. The zero-order chi connectivity index (χ0) is 24.9. The summed E-state index contributed by atoms with van der Waals surface area (Å²) in [7, 11) is 1.67. The number of benzene rings is 2. The number of nitrogens with zero attached hydrogens (tertiary/aromatic N) is 1. The first-order chi connectivity index (χ1) is 16.1. The number of unbranched alkanes of at least 4 members (excludes halogenated alkanes) is 1. The Hall–Kier alpha value is -3.35. The zero-order valence-corrected chi connectivity index (χ0v) is 20.3. The van der Waals surface area contributed by atoms with E-state index >= 15 is 0 Å². The number of hydrogen-bond acceptors (Lipinski definition) is 4. The molecule has 1 aliphatic rings. The highest BCUT2D eigenvalue weighted by atomic mass is 16.5. The highest BCUT2D eigenvalue weighted by Gasteiger charge is 2.36. The summed E-state index contributed by atoms with van der Waals surface area (Å²) >= 11 is 0. The number of amides is 2. The number of fused-ring (bicyclic) bond motifs is 3. The number of aliphatic carboxylic acids is 1. The normalized spacial score (nSPS) is 13.5. The van der Waals surface area contributed by atoms with Crippen LogP contribution in [-0.4, -0.2) is 54.2 Å². The average molecular weight is 467 g/mol. The number of carbonyl (C=O) groups is 3. The minimum atomic E-state index is -0.849. The predicted molar refractivity (Wildman–Crippen MR) is 131 cm³/mol. The summed E-state index contributed by atoms with van der Waals surface area (Å²) in [6, 6.07) is 15.5. The van der Waals surface area contributed by atoms with Crippen molar-refractivity contribution < 1.29 is 24.2 Å². The topological polar surface area (TPSA) is 95.9 Å². The van der Waals surface area contributed by atoms with E-state index in [-0.39, 0.29) is 24.9 Å². The van der Waals surface area contributed by atoms with E-state index in [0.29, 0.717) is 19.4 Å². The number of carbonyl (C=O) groups excluding carboxylic acids is 2. The lowest BCUT2D eigenvalue weighted by molar-refractivity contribution is -0.137. The van der Waals surface area contributed by atoms with Crippen LogP contribution in [0.25, 0.3) is 11.1 Å². The van der Waals surface area contributed by atoms with E-state index in [4.69, 9.17) is 9.84 Å². The van der Waals surface area contributed by atoms with E-state index in [0.717, 1.165) is 22.3 Å². The summed E-state index contributed by atoms with van der Waals surface area (Å²) in [5, 5.41) is 11.5. The molecule has 34 heavy (non-hydrogen) atoms. The molecule has 1 atom stereocenters. The molecule has 2 aromatic rings. The van der Waals surface area contributed by atoms with Gasteiger partial charge in [0.2, 0.25) is 5.91 Å². The van der Waals surface area contributed by atoms with Crippen molar-refractivity contribution in [3.63, 3.8) is 0 Å². The van der Waals surface area contributed by atoms with Crippen LogP contribution in [0.2, 0.25) is 0 Å². The lowest BCUT2D eigenvalue weighted by Gasteiger charge is -2.33. The van der Waals surface area contributed by atoms with Gasteiger partial charge in [-0.15, -0.1) is 0 Å². The highest BCUT2D eigenvalue weighted by molar-refractivity contribution is 5.86. The van der Waals surface area contributed by atoms with E-state index in [2.05, 4.69) is 29.6 Å². The molecule has 0 radical (unpaired) electrons. The van der Waals surface area contributed by atoms with Gasteiger partial charge in [0, 0.05) is 25.9 Å². The van der Waals surface area contributed by atoms with Gasteiger partial charge in [0.05, 0.1) is 0 Å². The fraction of sp³-hybridized carbons (Fsp3) is 0.444. The Balaban J connectivity index is 1.62. The Morgan fingerprint density at radius 2 is 1.56 bits per heavy atom. The maximum Gasteiger partial charge on any atom is 0.407 e. The van der Waals surface area contributed by atoms with Gasteiger partial charge in [0.15, 0.2) is 0 Å². The van der Waals surface area contributed by atoms with Crippen molar-refractivity contribution in [2.24, 2.45) is 5.41 Å². The lowest BCUT2D eigenvalue weighted by Crippen LogP contribution is -2.54. The number of alkyl carbamates (subject to hydrolysis) is 1. The summed E-state index contributed by atoms with van der Waals surface area (Å²) in [6.07, 6.45) is 0.515. The standard InChI is InChI=1S/C27H34N2O5/c1-27(2,3)24(25(32)29(4)16-10-9-15-23(30)31)28-26(33)34-17-22-20-13-7-5-11-18(20)19-12-6-8-14-21(19)22/h5-8,11-14,22,24H,9-10,15-17H2,1-4H3,(H,28,33)(H,30,31)/t24-/m0/s1. The first kappa shape index (κ1) is 25.3. The lowest BCUT2D eigenvalue weighted by atomic mass is 9.86. The molecule has 1 aliphatic carbocycles. The molecule has 7 heteroatoms. The van der Waals surface area contributed by atoms with Crippen molar-refractivity contribution in [2.75, 3.05) is 20.2 Å². The van der Waals surface area contributed by atoms with Crippen molar-refractivity contribution in [1.82, 2.24) is 10.2 Å². The van der Waals surface area contributed by atoms with Crippen LogP contribution in [0.4, 0.5) is 4.79 Å². The van der Waals surface area contributed by atoms with Gasteiger partial charge in [-0.25, -0.2) is 4.79 Å². The number of rotatable bonds is 9. The first-order valence-electron chi connectivity index (χ1n) is 11.7.